The molecule has 0 radical (unpaired) electrons. The number of hydrogen-bond acceptors (Lipinski definition) is 5. The first kappa shape index (κ1) is 25.8. The van der Waals surface area contributed by atoms with Gasteiger partial charge in [0, 0.05) is 6.54 Å². The van der Waals surface area contributed by atoms with Gasteiger partial charge in [-0.25, -0.2) is 8.42 Å². The fraction of sp³-hybridized carbons (Fsp3) is 0.600. The number of rotatable bonds is 9. The maximum Gasteiger partial charge on any atom is 0.265 e. The number of benzene rings is 1. The molecular formula is C15H29Cl2N3O3S. The Bertz CT molecular complexity index is 575. The lowest BCUT2D eigenvalue weighted by atomic mass is 10.1. The Morgan fingerprint density at radius 3 is 1.96 bits per heavy atom. The summed E-state index contributed by atoms with van der Waals surface area (Å²) in [5, 5.41) is 0. The predicted octanol–water partition coefficient (Wildman–Crippen LogP) is 2.08. The third-order valence-corrected chi connectivity index (χ3v) is 5.24. The van der Waals surface area contributed by atoms with Crippen LogP contribution < -0.4 is 11.5 Å². The zero-order valence-corrected chi connectivity index (χ0v) is 16.9. The fourth-order valence-corrected chi connectivity index (χ4v) is 4.12. The van der Waals surface area contributed by atoms with Crippen molar-refractivity contribution < 1.29 is 13.3 Å². The standard InChI is InChI=1S/C15H27N3O3S.2ClH/c1-12-10-13(2)15(14(3)11-12)22(19,20)18(8-4-6-16)21-9-5-7-17;;/h10-11H,4-9,16-17H2,1-3H3;2*1H. The van der Waals surface area contributed by atoms with E-state index in [4.69, 9.17) is 16.3 Å². The summed E-state index contributed by atoms with van der Waals surface area (Å²) in [5.74, 6) is 0. The molecule has 9 heteroatoms. The van der Waals surface area contributed by atoms with Crippen LogP contribution in [0.3, 0.4) is 0 Å². The van der Waals surface area contributed by atoms with Crippen molar-refractivity contribution in [1.82, 2.24) is 4.47 Å². The average Bonchev–Trinajstić information content (AvgIpc) is 2.40. The second kappa shape index (κ2) is 12.0. The van der Waals surface area contributed by atoms with Gasteiger partial charge in [-0.05, 0) is 57.8 Å². The summed E-state index contributed by atoms with van der Waals surface area (Å²) in [6.07, 6.45) is 1.13. The Kier molecular flexibility index (Phi) is 12.9. The van der Waals surface area contributed by atoms with Gasteiger partial charge in [-0.3, -0.25) is 4.84 Å². The van der Waals surface area contributed by atoms with Gasteiger partial charge in [-0.15, -0.1) is 24.8 Å². The predicted molar refractivity (Wildman–Crippen MR) is 102 cm³/mol. The Hall–Kier alpha value is -0.410. The largest absolute Gasteiger partial charge is 0.330 e. The van der Waals surface area contributed by atoms with E-state index < -0.39 is 10.0 Å². The molecule has 0 atom stereocenters. The Morgan fingerprint density at radius 2 is 1.50 bits per heavy atom. The van der Waals surface area contributed by atoms with Crippen LogP contribution in [-0.2, 0) is 14.9 Å². The van der Waals surface area contributed by atoms with Crippen LogP contribution in [-0.4, -0.2) is 39.1 Å². The molecule has 4 N–H and O–H groups in total. The summed E-state index contributed by atoms with van der Waals surface area (Å²) in [5.41, 5.74) is 13.4. The summed E-state index contributed by atoms with van der Waals surface area (Å²) < 4.78 is 26.9. The Balaban J connectivity index is 0. The quantitative estimate of drug-likeness (QED) is 0.487. The van der Waals surface area contributed by atoms with Crippen LogP contribution in [0.4, 0.5) is 0 Å². The molecule has 0 saturated heterocycles. The van der Waals surface area contributed by atoms with E-state index in [1.165, 1.54) is 0 Å². The molecular weight excluding hydrogens is 373 g/mol. The van der Waals surface area contributed by atoms with Crippen LogP contribution >= 0.6 is 24.8 Å². The Labute approximate surface area is 157 Å². The molecule has 0 saturated carbocycles. The number of aryl methyl sites for hydroxylation is 3. The van der Waals surface area contributed by atoms with E-state index in [9.17, 15) is 8.42 Å². The highest BCUT2D eigenvalue weighted by atomic mass is 35.5. The van der Waals surface area contributed by atoms with Crippen LogP contribution in [0.25, 0.3) is 0 Å². The van der Waals surface area contributed by atoms with Gasteiger partial charge in [-0.1, -0.05) is 22.2 Å². The molecule has 1 aromatic rings. The first-order valence-electron chi connectivity index (χ1n) is 7.48. The van der Waals surface area contributed by atoms with Gasteiger partial charge in [0.1, 0.15) is 0 Å². The highest BCUT2D eigenvalue weighted by Crippen LogP contribution is 2.25. The van der Waals surface area contributed by atoms with Crippen molar-refractivity contribution in [3.63, 3.8) is 0 Å². The third kappa shape index (κ3) is 6.84. The average molecular weight is 402 g/mol. The van der Waals surface area contributed by atoms with E-state index in [0.29, 0.717) is 30.8 Å². The molecule has 24 heavy (non-hydrogen) atoms. The van der Waals surface area contributed by atoms with Crippen molar-refractivity contribution in [3.8, 4) is 0 Å². The van der Waals surface area contributed by atoms with Crippen LogP contribution in [0.15, 0.2) is 17.0 Å². The van der Waals surface area contributed by atoms with Crippen molar-refractivity contribution in [2.45, 2.75) is 38.5 Å². The summed E-state index contributed by atoms with van der Waals surface area (Å²) in [4.78, 5) is 5.76. The zero-order valence-electron chi connectivity index (χ0n) is 14.4. The van der Waals surface area contributed by atoms with Gasteiger partial charge in [0.2, 0.25) is 0 Å². The highest BCUT2D eigenvalue weighted by molar-refractivity contribution is 7.89. The highest BCUT2D eigenvalue weighted by Gasteiger charge is 2.28. The molecule has 0 aliphatic heterocycles. The van der Waals surface area contributed by atoms with E-state index in [1.807, 2.05) is 19.1 Å². The van der Waals surface area contributed by atoms with Crippen molar-refractivity contribution >= 4 is 34.8 Å². The molecule has 0 aliphatic carbocycles. The molecule has 1 rings (SSSR count). The molecule has 0 unspecified atom stereocenters. The number of hydrogen-bond donors (Lipinski definition) is 2. The van der Waals surface area contributed by atoms with Gasteiger partial charge in [0.15, 0.2) is 0 Å². The van der Waals surface area contributed by atoms with Gasteiger partial charge in [0.25, 0.3) is 10.0 Å². The van der Waals surface area contributed by atoms with Gasteiger partial charge >= 0.3 is 0 Å². The lowest BCUT2D eigenvalue weighted by Crippen LogP contribution is -2.34. The van der Waals surface area contributed by atoms with Crippen molar-refractivity contribution in [1.29, 1.82) is 0 Å². The molecule has 0 heterocycles. The lowest BCUT2D eigenvalue weighted by molar-refractivity contribution is -0.0847. The van der Waals surface area contributed by atoms with Crippen LogP contribution in [0.5, 0.6) is 0 Å². The Morgan fingerprint density at radius 1 is 1.00 bits per heavy atom. The number of nitrogens with two attached hydrogens (primary N) is 2. The topological polar surface area (TPSA) is 98.7 Å². The fourth-order valence-electron chi connectivity index (χ4n) is 2.40. The summed E-state index contributed by atoms with van der Waals surface area (Å²) in [6, 6.07) is 3.72. The first-order chi connectivity index (χ1) is 10.3. The molecule has 0 amide bonds. The molecule has 0 aliphatic rings. The van der Waals surface area contributed by atoms with E-state index in [0.717, 1.165) is 21.2 Å². The van der Waals surface area contributed by atoms with Gasteiger partial charge in [-0.2, -0.15) is 0 Å². The smallest absolute Gasteiger partial charge is 0.265 e. The third-order valence-electron chi connectivity index (χ3n) is 3.26. The van der Waals surface area contributed by atoms with Crippen LogP contribution in [0, 0.1) is 20.8 Å². The minimum atomic E-state index is -3.72. The second-order valence-corrected chi connectivity index (χ2v) is 7.14. The SMILES string of the molecule is Cc1cc(C)c(S(=O)(=O)N(CCCN)OCCCN)c(C)c1.Cl.Cl. The number of halogens is 2. The van der Waals surface area contributed by atoms with E-state index in [-0.39, 0.29) is 38.0 Å². The monoisotopic (exact) mass is 401 g/mol. The maximum atomic E-state index is 12.9. The van der Waals surface area contributed by atoms with Crippen molar-refractivity contribution in [3.05, 3.63) is 28.8 Å². The van der Waals surface area contributed by atoms with E-state index in [2.05, 4.69) is 0 Å². The van der Waals surface area contributed by atoms with E-state index in [1.54, 1.807) is 13.8 Å². The molecule has 0 bridgehead atoms. The van der Waals surface area contributed by atoms with Crippen LogP contribution in [0.2, 0.25) is 0 Å². The van der Waals surface area contributed by atoms with Crippen molar-refractivity contribution in [2.75, 3.05) is 26.2 Å². The summed E-state index contributed by atoms with van der Waals surface area (Å²) in [6.45, 7) is 6.90. The minimum absolute atomic E-state index is 0. The first-order valence-corrected chi connectivity index (χ1v) is 8.92. The molecule has 0 spiro atoms. The molecule has 1 aromatic carbocycles. The summed E-state index contributed by atoms with van der Waals surface area (Å²) >= 11 is 0. The number of sulfonamides is 1. The second-order valence-electron chi connectivity index (χ2n) is 5.38. The molecule has 0 aromatic heterocycles. The maximum absolute atomic E-state index is 12.9. The van der Waals surface area contributed by atoms with Gasteiger partial charge < -0.3 is 11.5 Å². The molecule has 0 fully saturated rings. The molecule has 142 valence electrons. The minimum Gasteiger partial charge on any atom is -0.330 e. The molecule has 6 nitrogen and oxygen atoms in total. The van der Waals surface area contributed by atoms with E-state index >= 15 is 0 Å². The van der Waals surface area contributed by atoms with Gasteiger partial charge in [0.05, 0.1) is 11.5 Å². The normalized spacial score (nSPS) is 11.1. The summed E-state index contributed by atoms with van der Waals surface area (Å²) in [7, 11) is -3.72. The van der Waals surface area contributed by atoms with Crippen LogP contribution in [0.1, 0.15) is 29.5 Å². The number of nitrogens with zero attached hydrogens (tertiary/aromatic N) is 1. The number of hydroxylamine groups is 1. The van der Waals surface area contributed by atoms with Crippen molar-refractivity contribution in [2.24, 2.45) is 11.5 Å². The zero-order chi connectivity index (χ0) is 16.8. The lowest BCUT2D eigenvalue weighted by Gasteiger charge is -2.23.